The molecule has 2 aromatic rings. The minimum absolute atomic E-state index is 0.0546. The largest absolute Gasteiger partial charge is 0.488 e. The Morgan fingerprint density at radius 2 is 2.08 bits per heavy atom. The van der Waals surface area contributed by atoms with Crippen molar-refractivity contribution in [1.29, 1.82) is 0 Å². The number of nitrogens with zero attached hydrogens (tertiary/aromatic N) is 1. The minimum atomic E-state index is -0.902. The van der Waals surface area contributed by atoms with E-state index in [1.54, 1.807) is 4.90 Å². The van der Waals surface area contributed by atoms with Crippen LogP contribution in [0.25, 0.3) is 10.4 Å². The van der Waals surface area contributed by atoms with E-state index in [4.69, 9.17) is 9.84 Å². The van der Waals surface area contributed by atoms with E-state index in [0.717, 1.165) is 21.8 Å². The Bertz CT molecular complexity index is 781. The van der Waals surface area contributed by atoms with Gasteiger partial charge in [0.1, 0.15) is 12.4 Å². The first-order valence-corrected chi connectivity index (χ1v) is 8.66. The molecule has 1 aromatic heterocycles. The van der Waals surface area contributed by atoms with Gasteiger partial charge in [0, 0.05) is 28.6 Å². The lowest BCUT2D eigenvalue weighted by Crippen LogP contribution is -2.38. The number of hydrogen-bond acceptors (Lipinski definition) is 4. The number of thiophene rings is 1. The van der Waals surface area contributed by atoms with Gasteiger partial charge in [-0.3, -0.25) is 9.59 Å². The van der Waals surface area contributed by atoms with E-state index in [9.17, 15) is 9.59 Å². The van der Waals surface area contributed by atoms with E-state index in [1.165, 1.54) is 11.3 Å². The minimum Gasteiger partial charge on any atom is -0.488 e. The summed E-state index contributed by atoms with van der Waals surface area (Å²) in [6.07, 6.45) is -0.0546. The molecule has 0 atom stereocenters. The Labute approximate surface area is 144 Å². The van der Waals surface area contributed by atoms with Crippen LogP contribution in [0.2, 0.25) is 0 Å². The van der Waals surface area contributed by atoms with Crippen LogP contribution in [0.5, 0.6) is 5.75 Å². The van der Waals surface area contributed by atoms with Crippen LogP contribution in [-0.4, -0.2) is 34.5 Å². The van der Waals surface area contributed by atoms with Crippen molar-refractivity contribution in [2.24, 2.45) is 0 Å². The molecule has 0 aliphatic carbocycles. The second kappa shape index (κ2) is 6.65. The second-order valence-electron chi connectivity index (χ2n) is 5.99. The highest BCUT2D eigenvalue weighted by Gasteiger charge is 2.26. The second-order valence-corrected chi connectivity index (χ2v) is 7.04. The smallest absolute Gasteiger partial charge is 0.305 e. The molecule has 0 saturated carbocycles. The molecule has 1 aliphatic heterocycles. The number of carbonyl (C=O) groups excluding carboxylic acids is 1. The van der Waals surface area contributed by atoms with E-state index in [1.807, 2.05) is 44.2 Å². The van der Waals surface area contributed by atoms with Crippen molar-refractivity contribution in [2.45, 2.75) is 32.9 Å². The molecule has 0 unspecified atom stereocenters. The zero-order valence-corrected chi connectivity index (χ0v) is 14.4. The number of aliphatic carboxylic acids is 1. The summed E-state index contributed by atoms with van der Waals surface area (Å²) in [6, 6.07) is 9.60. The summed E-state index contributed by atoms with van der Waals surface area (Å²) in [5.74, 6) is -0.193. The lowest BCUT2D eigenvalue weighted by atomic mass is 10.1. The number of ether oxygens (including phenoxy) is 1. The van der Waals surface area contributed by atoms with Gasteiger partial charge in [-0.25, -0.2) is 0 Å². The van der Waals surface area contributed by atoms with E-state index in [0.29, 0.717) is 11.5 Å². The third-order valence-electron chi connectivity index (χ3n) is 3.99. The predicted molar refractivity (Wildman–Crippen MR) is 92.5 cm³/mol. The fraction of sp³-hybridized carbons (Fsp3) is 0.333. The Kier molecular flexibility index (Phi) is 4.57. The number of carboxylic acids is 1. The third-order valence-corrected chi connectivity index (χ3v) is 5.18. The Morgan fingerprint density at radius 1 is 1.33 bits per heavy atom. The quantitative estimate of drug-likeness (QED) is 0.898. The molecule has 126 valence electrons. The molecular weight excluding hydrogens is 326 g/mol. The summed E-state index contributed by atoms with van der Waals surface area (Å²) in [5, 5.41) is 8.89. The topological polar surface area (TPSA) is 66.8 Å². The van der Waals surface area contributed by atoms with Crippen molar-refractivity contribution in [3.63, 3.8) is 0 Å². The molecule has 0 radical (unpaired) electrons. The van der Waals surface area contributed by atoms with Crippen LogP contribution in [0, 0.1) is 0 Å². The number of benzene rings is 1. The average molecular weight is 345 g/mol. The van der Waals surface area contributed by atoms with Gasteiger partial charge >= 0.3 is 5.97 Å². The van der Waals surface area contributed by atoms with Crippen LogP contribution in [0.1, 0.15) is 35.5 Å². The van der Waals surface area contributed by atoms with E-state index >= 15 is 0 Å². The predicted octanol–water partition coefficient (Wildman–Crippen LogP) is 3.63. The molecule has 2 heterocycles. The number of para-hydroxylation sites is 1. The number of carboxylic acid groups (broad SMARTS) is 1. The van der Waals surface area contributed by atoms with Crippen molar-refractivity contribution < 1.29 is 19.4 Å². The Hall–Kier alpha value is -2.34. The summed E-state index contributed by atoms with van der Waals surface area (Å²) in [5.41, 5.74) is 2.01. The van der Waals surface area contributed by atoms with E-state index < -0.39 is 5.97 Å². The maximum atomic E-state index is 12.8. The van der Waals surface area contributed by atoms with Gasteiger partial charge < -0.3 is 14.7 Å². The first-order chi connectivity index (χ1) is 11.5. The van der Waals surface area contributed by atoms with Gasteiger partial charge in [0.25, 0.3) is 5.91 Å². The Morgan fingerprint density at radius 3 is 2.79 bits per heavy atom. The first kappa shape index (κ1) is 16.5. The highest BCUT2D eigenvalue weighted by Crippen LogP contribution is 2.42. The molecule has 6 heteroatoms. The van der Waals surface area contributed by atoms with Crippen LogP contribution in [0.15, 0.2) is 30.3 Å². The number of rotatable bonds is 5. The normalized spacial score (nSPS) is 12.3. The Balaban J connectivity index is 1.89. The molecule has 3 rings (SSSR count). The highest BCUT2D eigenvalue weighted by molar-refractivity contribution is 7.17. The molecule has 24 heavy (non-hydrogen) atoms. The molecule has 1 aliphatic rings. The van der Waals surface area contributed by atoms with Crippen LogP contribution in [0.4, 0.5) is 0 Å². The van der Waals surface area contributed by atoms with Crippen LogP contribution in [0.3, 0.4) is 0 Å². The fourth-order valence-electron chi connectivity index (χ4n) is 2.76. The van der Waals surface area contributed by atoms with Crippen molar-refractivity contribution in [3.05, 3.63) is 40.8 Å². The van der Waals surface area contributed by atoms with Crippen molar-refractivity contribution in [1.82, 2.24) is 4.90 Å². The van der Waals surface area contributed by atoms with Gasteiger partial charge in [0.2, 0.25) is 0 Å². The van der Waals surface area contributed by atoms with Crippen LogP contribution in [-0.2, 0) is 11.4 Å². The molecule has 1 N–H and O–H groups in total. The standard InChI is InChI=1S/C18H19NO4S/c1-11(2)19(8-7-16(20)21)18(22)15-9-12-10-23-14-6-4-3-5-13(14)17(12)24-15/h3-6,9,11H,7-8,10H2,1-2H3,(H,20,21). The van der Waals surface area contributed by atoms with Gasteiger partial charge in [-0.05, 0) is 32.0 Å². The third kappa shape index (κ3) is 3.14. The maximum Gasteiger partial charge on any atom is 0.305 e. The molecule has 0 bridgehead atoms. The molecule has 0 fully saturated rings. The van der Waals surface area contributed by atoms with Crippen molar-refractivity contribution >= 4 is 23.2 Å². The summed E-state index contributed by atoms with van der Waals surface area (Å²) >= 11 is 1.45. The number of amides is 1. The summed E-state index contributed by atoms with van der Waals surface area (Å²) < 4.78 is 5.73. The van der Waals surface area contributed by atoms with E-state index in [-0.39, 0.29) is 24.9 Å². The summed E-state index contributed by atoms with van der Waals surface area (Å²) in [7, 11) is 0. The first-order valence-electron chi connectivity index (χ1n) is 7.85. The maximum absolute atomic E-state index is 12.8. The number of hydrogen-bond donors (Lipinski definition) is 1. The molecule has 0 saturated heterocycles. The van der Waals surface area contributed by atoms with Gasteiger partial charge in [-0.15, -0.1) is 11.3 Å². The van der Waals surface area contributed by atoms with Crippen molar-refractivity contribution in [3.8, 4) is 16.2 Å². The van der Waals surface area contributed by atoms with Gasteiger partial charge in [0.15, 0.2) is 0 Å². The molecule has 0 spiro atoms. The summed E-state index contributed by atoms with van der Waals surface area (Å²) in [4.78, 5) is 27.0. The SMILES string of the molecule is CC(C)N(CCC(=O)O)C(=O)c1cc2c(s1)-c1ccccc1OC2. The molecule has 1 amide bonds. The van der Waals surface area contributed by atoms with Crippen LogP contribution < -0.4 is 4.74 Å². The zero-order valence-electron chi connectivity index (χ0n) is 13.6. The number of carbonyl (C=O) groups is 2. The summed E-state index contributed by atoms with van der Waals surface area (Å²) in [6.45, 7) is 4.45. The molecule has 5 nitrogen and oxygen atoms in total. The zero-order chi connectivity index (χ0) is 17.3. The van der Waals surface area contributed by atoms with Gasteiger partial charge in [-0.2, -0.15) is 0 Å². The lowest BCUT2D eigenvalue weighted by Gasteiger charge is -2.25. The highest BCUT2D eigenvalue weighted by atomic mass is 32.1. The average Bonchev–Trinajstić information content (AvgIpc) is 2.99. The monoisotopic (exact) mass is 345 g/mol. The number of fused-ring (bicyclic) bond motifs is 3. The van der Waals surface area contributed by atoms with Crippen molar-refractivity contribution in [2.75, 3.05) is 6.54 Å². The fourth-order valence-corrected chi connectivity index (χ4v) is 3.91. The molecular formula is C18H19NO4S. The molecule has 1 aromatic carbocycles. The van der Waals surface area contributed by atoms with Gasteiger partial charge in [0.05, 0.1) is 11.3 Å². The van der Waals surface area contributed by atoms with E-state index in [2.05, 4.69) is 0 Å². The van der Waals surface area contributed by atoms with Gasteiger partial charge in [-0.1, -0.05) is 12.1 Å². The lowest BCUT2D eigenvalue weighted by molar-refractivity contribution is -0.137. The van der Waals surface area contributed by atoms with Crippen LogP contribution >= 0.6 is 11.3 Å².